The number of nitrogens with zero attached hydrogens (tertiary/aromatic N) is 2. The van der Waals surface area contributed by atoms with Gasteiger partial charge in [-0.25, -0.2) is 9.78 Å². The summed E-state index contributed by atoms with van der Waals surface area (Å²) in [7, 11) is 1.65. The molecule has 1 heterocycles. The van der Waals surface area contributed by atoms with Crippen molar-refractivity contribution >= 4 is 17.0 Å². The predicted molar refractivity (Wildman–Crippen MR) is 112 cm³/mol. The van der Waals surface area contributed by atoms with E-state index in [0.29, 0.717) is 5.88 Å². The molecule has 0 aliphatic heterocycles. The van der Waals surface area contributed by atoms with Crippen LogP contribution in [0.2, 0.25) is 0 Å². The Morgan fingerprint density at radius 2 is 1.90 bits per heavy atom. The van der Waals surface area contributed by atoms with E-state index in [2.05, 4.69) is 11.4 Å². The van der Waals surface area contributed by atoms with Crippen LogP contribution < -0.4 is 10.1 Å². The maximum atomic E-state index is 12.0. The van der Waals surface area contributed by atoms with E-state index in [1.807, 2.05) is 18.2 Å². The molecule has 2 aromatic rings. The van der Waals surface area contributed by atoms with Gasteiger partial charge in [0.1, 0.15) is 5.60 Å². The monoisotopic (exact) mass is 395 g/mol. The van der Waals surface area contributed by atoms with E-state index in [1.165, 1.54) is 11.1 Å². The number of ether oxygens (including phenoxy) is 2. The highest BCUT2D eigenvalue weighted by Crippen LogP contribution is 2.35. The average Bonchev–Trinajstić information content (AvgIpc) is 2.69. The average molecular weight is 396 g/mol. The van der Waals surface area contributed by atoms with Gasteiger partial charge >= 0.3 is 6.09 Å². The first-order chi connectivity index (χ1) is 13.7. The Morgan fingerprint density at radius 3 is 2.52 bits per heavy atom. The van der Waals surface area contributed by atoms with Gasteiger partial charge in [-0.15, -0.1) is 0 Å². The zero-order chi connectivity index (χ0) is 21.2. The summed E-state index contributed by atoms with van der Waals surface area (Å²) in [6.07, 6.45) is 3.77. The lowest BCUT2D eigenvalue weighted by atomic mass is 9.82. The number of carbonyl (C=O) groups is 1. The van der Waals surface area contributed by atoms with Gasteiger partial charge in [0, 0.05) is 17.5 Å². The van der Waals surface area contributed by atoms with Crippen molar-refractivity contribution in [3.8, 4) is 11.9 Å². The molecule has 1 aliphatic rings. The first kappa shape index (κ1) is 20.9. The summed E-state index contributed by atoms with van der Waals surface area (Å²) in [5.74, 6) is 0.676. The number of rotatable bonds is 4. The second-order valence-electron chi connectivity index (χ2n) is 8.82. The van der Waals surface area contributed by atoms with Crippen LogP contribution in [0, 0.1) is 11.3 Å². The summed E-state index contributed by atoms with van der Waals surface area (Å²) < 4.78 is 10.8. The smallest absolute Gasteiger partial charge is 0.407 e. The van der Waals surface area contributed by atoms with E-state index in [0.717, 1.165) is 42.1 Å². The van der Waals surface area contributed by atoms with Crippen LogP contribution in [0.5, 0.6) is 5.88 Å². The number of fused-ring (bicyclic) bond motifs is 3. The van der Waals surface area contributed by atoms with Crippen molar-refractivity contribution in [1.29, 1.82) is 5.26 Å². The molecule has 0 spiro atoms. The number of alkyl carbamates (subject to hydrolysis) is 1. The molecular formula is C23H29N3O3. The second-order valence-corrected chi connectivity index (χ2v) is 8.82. The highest BCUT2D eigenvalue weighted by molar-refractivity contribution is 5.85. The number of nitrogens with one attached hydrogen (secondary N) is 1. The molecule has 29 heavy (non-hydrogen) atoms. The number of methoxy groups -OCH3 is 1. The van der Waals surface area contributed by atoms with Crippen molar-refractivity contribution in [2.75, 3.05) is 13.7 Å². The highest BCUT2D eigenvalue weighted by atomic mass is 16.6. The lowest BCUT2D eigenvalue weighted by Crippen LogP contribution is -2.40. The first-order valence-corrected chi connectivity index (χ1v) is 10.0. The molecule has 0 saturated heterocycles. The number of aryl methyl sites for hydroxylation is 1. The Kier molecular flexibility index (Phi) is 5.70. The van der Waals surface area contributed by atoms with Crippen LogP contribution in [-0.4, -0.2) is 30.3 Å². The van der Waals surface area contributed by atoms with Crippen molar-refractivity contribution in [3.63, 3.8) is 0 Å². The van der Waals surface area contributed by atoms with Gasteiger partial charge in [0.05, 0.1) is 24.1 Å². The predicted octanol–water partition coefficient (Wildman–Crippen LogP) is 4.43. The number of carbonyl (C=O) groups excluding carboxylic acids is 1. The number of hydrogen-bond donors (Lipinski definition) is 1. The van der Waals surface area contributed by atoms with Crippen LogP contribution in [0.3, 0.4) is 0 Å². The Balaban J connectivity index is 1.93. The van der Waals surface area contributed by atoms with Gasteiger partial charge in [0.15, 0.2) is 0 Å². The quantitative estimate of drug-likeness (QED) is 0.828. The number of amides is 1. The summed E-state index contributed by atoms with van der Waals surface area (Å²) >= 11 is 0. The van der Waals surface area contributed by atoms with E-state index in [4.69, 9.17) is 14.5 Å². The first-order valence-electron chi connectivity index (χ1n) is 10.0. The van der Waals surface area contributed by atoms with Crippen LogP contribution in [0.25, 0.3) is 10.9 Å². The van der Waals surface area contributed by atoms with E-state index in [1.54, 1.807) is 34.8 Å². The van der Waals surface area contributed by atoms with E-state index >= 15 is 0 Å². The molecule has 6 nitrogen and oxygen atoms in total. The minimum atomic E-state index is -0.907. The van der Waals surface area contributed by atoms with Crippen LogP contribution in [0.4, 0.5) is 4.79 Å². The van der Waals surface area contributed by atoms with Gasteiger partial charge in [0.25, 0.3) is 0 Å². The molecule has 0 bridgehead atoms. The molecular weight excluding hydrogens is 366 g/mol. The molecule has 0 saturated carbocycles. The number of benzene rings is 1. The van der Waals surface area contributed by atoms with Crippen molar-refractivity contribution < 1.29 is 14.3 Å². The molecule has 6 heteroatoms. The zero-order valence-corrected chi connectivity index (χ0v) is 17.9. The molecule has 0 radical (unpaired) electrons. The van der Waals surface area contributed by atoms with Crippen molar-refractivity contribution in [2.45, 2.75) is 64.4 Å². The molecule has 1 aromatic carbocycles. The standard InChI is InChI=1S/C23H29N3O3/c1-22(2,3)29-21(27)25-14-23(4,13-24)15-10-11-17-16-8-6-7-9-18(16)20(28-5)26-19(17)12-15/h10-12H,6-9,14H2,1-5H3,(H,25,27). The number of aromatic nitrogens is 1. The third-order valence-electron chi connectivity index (χ3n) is 5.33. The van der Waals surface area contributed by atoms with Gasteiger partial charge in [-0.1, -0.05) is 12.1 Å². The summed E-state index contributed by atoms with van der Waals surface area (Å²) in [5, 5.41) is 13.7. The van der Waals surface area contributed by atoms with Gasteiger partial charge in [-0.05, 0) is 70.6 Å². The van der Waals surface area contributed by atoms with Gasteiger partial charge in [-0.3, -0.25) is 0 Å². The molecule has 1 aromatic heterocycles. The SMILES string of the molecule is COc1nc2cc(C(C)(C#N)CNC(=O)OC(C)(C)C)ccc2c2c1CCCC2. The Morgan fingerprint density at radius 1 is 1.21 bits per heavy atom. The maximum absolute atomic E-state index is 12.0. The van der Waals surface area contributed by atoms with E-state index in [9.17, 15) is 10.1 Å². The Labute approximate surface area is 172 Å². The highest BCUT2D eigenvalue weighted by Gasteiger charge is 2.29. The fourth-order valence-electron chi connectivity index (χ4n) is 3.78. The lowest BCUT2D eigenvalue weighted by Gasteiger charge is -2.26. The summed E-state index contributed by atoms with van der Waals surface area (Å²) in [4.78, 5) is 16.8. The maximum Gasteiger partial charge on any atom is 0.407 e. The molecule has 1 unspecified atom stereocenters. The van der Waals surface area contributed by atoms with Gasteiger partial charge in [0.2, 0.25) is 5.88 Å². The number of nitriles is 1. The topological polar surface area (TPSA) is 84.2 Å². The summed E-state index contributed by atoms with van der Waals surface area (Å²) in [6, 6.07) is 8.29. The van der Waals surface area contributed by atoms with Crippen LogP contribution in [0.15, 0.2) is 18.2 Å². The van der Waals surface area contributed by atoms with Gasteiger partial charge < -0.3 is 14.8 Å². The third-order valence-corrected chi connectivity index (χ3v) is 5.33. The fourth-order valence-corrected chi connectivity index (χ4v) is 3.78. The normalized spacial score (nSPS) is 15.7. The van der Waals surface area contributed by atoms with E-state index < -0.39 is 17.1 Å². The van der Waals surface area contributed by atoms with Crippen molar-refractivity contribution in [2.24, 2.45) is 0 Å². The van der Waals surface area contributed by atoms with Crippen molar-refractivity contribution in [3.05, 3.63) is 34.9 Å². The fraction of sp³-hybridized carbons (Fsp3) is 0.522. The molecule has 154 valence electrons. The molecule has 1 atom stereocenters. The van der Waals surface area contributed by atoms with Crippen LogP contribution >= 0.6 is 0 Å². The Hall–Kier alpha value is -2.81. The molecule has 1 N–H and O–H groups in total. The second kappa shape index (κ2) is 7.90. The largest absolute Gasteiger partial charge is 0.481 e. The lowest BCUT2D eigenvalue weighted by molar-refractivity contribution is 0.0520. The van der Waals surface area contributed by atoms with Crippen molar-refractivity contribution in [1.82, 2.24) is 10.3 Å². The minimum absolute atomic E-state index is 0.145. The number of pyridine rings is 1. The van der Waals surface area contributed by atoms with Crippen LogP contribution in [0.1, 0.15) is 57.2 Å². The van der Waals surface area contributed by atoms with E-state index in [-0.39, 0.29) is 6.54 Å². The number of hydrogen-bond acceptors (Lipinski definition) is 5. The molecule has 1 aliphatic carbocycles. The molecule has 1 amide bonds. The summed E-state index contributed by atoms with van der Waals surface area (Å²) in [6.45, 7) is 7.37. The zero-order valence-electron chi connectivity index (χ0n) is 17.9. The Bertz CT molecular complexity index is 972. The molecule has 0 fully saturated rings. The van der Waals surface area contributed by atoms with Crippen LogP contribution in [-0.2, 0) is 23.0 Å². The minimum Gasteiger partial charge on any atom is -0.481 e. The molecule has 3 rings (SSSR count). The summed E-state index contributed by atoms with van der Waals surface area (Å²) in [5.41, 5.74) is 2.63. The third kappa shape index (κ3) is 4.45. The van der Waals surface area contributed by atoms with Gasteiger partial charge in [-0.2, -0.15) is 5.26 Å².